The molecule has 1 aliphatic heterocycles. The molecule has 1 aliphatic rings. The van der Waals surface area contributed by atoms with Gasteiger partial charge in [0, 0.05) is 32.9 Å². The number of carboxylic acids is 1. The fourth-order valence-corrected chi connectivity index (χ4v) is 4.35. The van der Waals surface area contributed by atoms with E-state index >= 15 is 0 Å². The Bertz CT molecular complexity index is 1250. The highest BCUT2D eigenvalue weighted by molar-refractivity contribution is 6.51. The highest BCUT2D eigenvalue weighted by Gasteiger charge is 2.58. The van der Waals surface area contributed by atoms with E-state index in [0.717, 1.165) is 5.56 Å². The van der Waals surface area contributed by atoms with Gasteiger partial charge in [0.05, 0.1) is 25.0 Å². The van der Waals surface area contributed by atoms with Gasteiger partial charge in [0.1, 0.15) is 11.7 Å². The van der Waals surface area contributed by atoms with Crippen LogP contribution in [0.4, 0.5) is 0 Å². The standard InChI is InChI=1S/C27H34BN5O8/c1-17(2)12-21(28-40-26(39)27(41-28,15-23(35)36)14-22(34)33(3)4)32-24(37)19(13-18-8-6-5-7-9-18)31-25(38)20-16-29-10-11-30-20/h5-11,16-17,19,21H,12-15H2,1-4H3,(H,31,38)(H,32,37)(H,35,36)/t19-,21-,27-/m0/s1. The van der Waals surface area contributed by atoms with Crippen LogP contribution in [0.25, 0.3) is 0 Å². The monoisotopic (exact) mass is 567 g/mol. The minimum atomic E-state index is -2.05. The van der Waals surface area contributed by atoms with Crippen LogP contribution in [-0.2, 0) is 34.9 Å². The number of carbonyl (C=O) groups excluding carboxylic acids is 4. The average molecular weight is 567 g/mol. The number of hydrogen-bond acceptors (Lipinski definition) is 9. The van der Waals surface area contributed by atoms with Crippen molar-refractivity contribution < 1.29 is 38.4 Å². The van der Waals surface area contributed by atoms with Crippen molar-refractivity contribution in [3.8, 4) is 0 Å². The van der Waals surface area contributed by atoms with Gasteiger partial charge in [0.25, 0.3) is 5.91 Å². The van der Waals surface area contributed by atoms with E-state index in [1.165, 1.54) is 37.6 Å². The number of hydrogen-bond donors (Lipinski definition) is 3. The van der Waals surface area contributed by atoms with Crippen molar-refractivity contribution in [2.75, 3.05) is 14.1 Å². The quantitative estimate of drug-likeness (QED) is 0.291. The van der Waals surface area contributed by atoms with Gasteiger partial charge >= 0.3 is 19.1 Å². The predicted molar refractivity (Wildman–Crippen MR) is 146 cm³/mol. The van der Waals surface area contributed by atoms with E-state index in [1.807, 2.05) is 32.0 Å². The summed E-state index contributed by atoms with van der Waals surface area (Å²) in [4.78, 5) is 72.7. The molecular formula is C27H34BN5O8. The highest BCUT2D eigenvalue weighted by atomic mass is 16.7. The van der Waals surface area contributed by atoms with Crippen LogP contribution >= 0.6 is 0 Å². The molecule has 0 bridgehead atoms. The molecule has 218 valence electrons. The zero-order valence-electron chi connectivity index (χ0n) is 23.4. The molecule has 1 fully saturated rings. The summed E-state index contributed by atoms with van der Waals surface area (Å²) >= 11 is 0. The number of benzene rings is 1. The number of aromatic nitrogens is 2. The zero-order chi connectivity index (χ0) is 30.2. The van der Waals surface area contributed by atoms with E-state index in [2.05, 4.69) is 20.6 Å². The molecule has 0 aliphatic carbocycles. The van der Waals surface area contributed by atoms with E-state index in [1.54, 1.807) is 12.1 Å². The fraction of sp³-hybridized carbons (Fsp3) is 0.444. The van der Waals surface area contributed by atoms with E-state index in [-0.39, 0.29) is 24.5 Å². The molecule has 1 saturated heterocycles. The summed E-state index contributed by atoms with van der Waals surface area (Å²) in [6, 6.07) is 8.00. The number of carbonyl (C=O) groups is 5. The lowest BCUT2D eigenvalue weighted by Crippen LogP contribution is -2.56. The number of rotatable bonds is 13. The summed E-state index contributed by atoms with van der Waals surface area (Å²) in [5, 5.41) is 15.0. The number of aliphatic carboxylic acids is 1. The molecule has 14 heteroatoms. The van der Waals surface area contributed by atoms with E-state index in [9.17, 15) is 29.1 Å². The lowest BCUT2D eigenvalue weighted by molar-refractivity contribution is -0.155. The Balaban J connectivity index is 1.86. The van der Waals surface area contributed by atoms with Gasteiger partial charge in [-0.05, 0) is 17.9 Å². The lowest BCUT2D eigenvalue weighted by atomic mass is 9.73. The first-order valence-corrected chi connectivity index (χ1v) is 13.1. The van der Waals surface area contributed by atoms with E-state index in [0.29, 0.717) is 0 Å². The van der Waals surface area contributed by atoms with Gasteiger partial charge in [-0.1, -0.05) is 44.2 Å². The van der Waals surface area contributed by atoms with E-state index < -0.39 is 67.2 Å². The van der Waals surface area contributed by atoms with Gasteiger partial charge in [-0.15, -0.1) is 0 Å². The van der Waals surface area contributed by atoms with Crippen LogP contribution in [0.15, 0.2) is 48.9 Å². The number of nitrogens with zero attached hydrogens (tertiary/aromatic N) is 3. The second-order valence-corrected chi connectivity index (χ2v) is 10.5. The third-order valence-electron chi connectivity index (χ3n) is 6.39. The minimum absolute atomic E-state index is 0.0118. The maximum absolute atomic E-state index is 13.6. The van der Waals surface area contributed by atoms with Crippen LogP contribution in [0.5, 0.6) is 0 Å². The summed E-state index contributed by atoms with van der Waals surface area (Å²) in [6.07, 6.45) is 3.13. The Hall–Kier alpha value is -4.33. The summed E-state index contributed by atoms with van der Waals surface area (Å²) in [6.45, 7) is 3.76. The molecular weight excluding hydrogens is 533 g/mol. The van der Waals surface area contributed by atoms with E-state index in [4.69, 9.17) is 9.31 Å². The van der Waals surface area contributed by atoms with Crippen molar-refractivity contribution in [3.63, 3.8) is 0 Å². The predicted octanol–water partition coefficient (Wildman–Crippen LogP) is 0.641. The molecule has 2 aromatic rings. The zero-order valence-corrected chi connectivity index (χ0v) is 23.4. The number of amides is 3. The molecule has 41 heavy (non-hydrogen) atoms. The normalized spacial score (nSPS) is 17.9. The molecule has 0 unspecified atom stereocenters. The Morgan fingerprint density at radius 1 is 1.07 bits per heavy atom. The first-order chi connectivity index (χ1) is 19.4. The summed E-state index contributed by atoms with van der Waals surface area (Å²) in [5.41, 5.74) is -1.26. The average Bonchev–Trinajstić information content (AvgIpc) is 3.23. The molecule has 3 rings (SSSR count). The van der Waals surface area contributed by atoms with Crippen molar-refractivity contribution in [1.82, 2.24) is 25.5 Å². The Labute approximate surface area is 238 Å². The Morgan fingerprint density at radius 3 is 2.37 bits per heavy atom. The minimum Gasteiger partial charge on any atom is -0.506 e. The van der Waals surface area contributed by atoms with Crippen molar-refractivity contribution in [2.45, 2.75) is 57.1 Å². The van der Waals surface area contributed by atoms with Crippen molar-refractivity contribution in [1.29, 1.82) is 0 Å². The van der Waals surface area contributed by atoms with Gasteiger partial charge in [0.15, 0.2) is 5.60 Å². The molecule has 0 spiro atoms. The molecule has 1 aromatic carbocycles. The third-order valence-corrected chi connectivity index (χ3v) is 6.39. The largest absolute Gasteiger partial charge is 0.552 e. The second-order valence-electron chi connectivity index (χ2n) is 10.5. The number of carboxylic acid groups (broad SMARTS) is 1. The third kappa shape index (κ3) is 8.58. The van der Waals surface area contributed by atoms with Crippen molar-refractivity contribution >= 4 is 36.8 Å². The van der Waals surface area contributed by atoms with Gasteiger partial charge in [-0.2, -0.15) is 0 Å². The van der Waals surface area contributed by atoms with Gasteiger partial charge < -0.3 is 29.9 Å². The van der Waals surface area contributed by atoms with Crippen LogP contribution in [-0.4, -0.2) is 88.4 Å². The highest BCUT2D eigenvalue weighted by Crippen LogP contribution is 2.33. The fourth-order valence-electron chi connectivity index (χ4n) is 4.35. The SMILES string of the molecule is CC(C)C[C@H](NC(=O)[C@H](Cc1ccccc1)NC(=O)c1cnccn1)B1OC(=O)[C@@](CC(=O)O)(CC(=O)N(C)C)O1. The van der Waals surface area contributed by atoms with Gasteiger partial charge in [-0.3, -0.25) is 29.0 Å². The van der Waals surface area contributed by atoms with Crippen LogP contribution in [0.2, 0.25) is 0 Å². The lowest BCUT2D eigenvalue weighted by Gasteiger charge is -2.27. The second kappa shape index (κ2) is 13.8. The van der Waals surface area contributed by atoms with Crippen molar-refractivity contribution in [3.05, 3.63) is 60.2 Å². The van der Waals surface area contributed by atoms with Crippen molar-refractivity contribution in [2.24, 2.45) is 5.92 Å². The molecule has 1 aromatic heterocycles. The smallest absolute Gasteiger partial charge is 0.506 e. The summed E-state index contributed by atoms with van der Waals surface area (Å²) in [5.74, 6) is -5.00. The molecule has 0 radical (unpaired) electrons. The topological polar surface area (TPSA) is 177 Å². The number of nitrogens with one attached hydrogen (secondary N) is 2. The first-order valence-electron chi connectivity index (χ1n) is 13.1. The molecule has 3 atom stereocenters. The molecule has 2 heterocycles. The van der Waals surface area contributed by atoms with Crippen LogP contribution in [0.3, 0.4) is 0 Å². The maximum Gasteiger partial charge on any atom is 0.552 e. The Morgan fingerprint density at radius 2 is 1.78 bits per heavy atom. The molecule has 3 N–H and O–H groups in total. The summed E-state index contributed by atoms with van der Waals surface area (Å²) < 4.78 is 11.3. The van der Waals surface area contributed by atoms with Crippen LogP contribution in [0.1, 0.15) is 49.2 Å². The van der Waals surface area contributed by atoms with Gasteiger partial charge in [0.2, 0.25) is 11.8 Å². The summed E-state index contributed by atoms with van der Waals surface area (Å²) in [7, 11) is 1.58. The molecule has 0 saturated carbocycles. The molecule has 3 amide bonds. The maximum atomic E-state index is 13.6. The van der Waals surface area contributed by atoms with Gasteiger partial charge in [-0.25, -0.2) is 4.98 Å². The molecule has 13 nitrogen and oxygen atoms in total. The van der Waals surface area contributed by atoms with Crippen LogP contribution in [0, 0.1) is 5.92 Å². The Kier molecular flexibility index (Phi) is 10.5. The van der Waals surface area contributed by atoms with Crippen LogP contribution < -0.4 is 10.6 Å². The first kappa shape index (κ1) is 31.2.